The predicted molar refractivity (Wildman–Crippen MR) is 99.8 cm³/mol. The van der Waals surface area contributed by atoms with Crippen molar-refractivity contribution in [3.05, 3.63) is 33.1 Å². The highest BCUT2D eigenvalue weighted by molar-refractivity contribution is 7.14. The highest BCUT2D eigenvalue weighted by Crippen LogP contribution is 2.45. The first-order chi connectivity index (χ1) is 12.9. The largest absolute Gasteiger partial charge is 0.477 e. The molecule has 0 radical (unpaired) electrons. The van der Waals surface area contributed by atoms with Crippen LogP contribution in [0.2, 0.25) is 0 Å². The first kappa shape index (κ1) is 18.0. The number of carboxylic acids is 1. The third kappa shape index (κ3) is 3.21. The first-order valence-electron chi connectivity index (χ1n) is 8.96. The Morgan fingerprint density at radius 3 is 2.74 bits per heavy atom. The summed E-state index contributed by atoms with van der Waals surface area (Å²) in [7, 11) is 0. The smallest absolute Gasteiger partial charge is 0.345 e. The zero-order chi connectivity index (χ0) is 19.2. The standard InChI is InChI=1S/C18H22N4O4S/c1-11-8-14(19)22(20-11)10-15(23)21-5-3-18(4-6-21)16-12(2-7-26-18)9-13(27-16)17(24)25/h8-9H,2-7,10,19H2,1H3,(H,24,25). The number of anilines is 1. The maximum Gasteiger partial charge on any atom is 0.345 e. The Kier molecular flexibility index (Phi) is 4.43. The number of carboxylic acid groups (broad SMARTS) is 1. The van der Waals surface area contributed by atoms with Crippen molar-refractivity contribution in [1.29, 1.82) is 0 Å². The number of aromatic carboxylic acids is 1. The number of hydrogen-bond donors (Lipinski definition) is 2. The lowest BCUT2D eigenvalue weighted by molar-refractivity contribution is -0.141. The molecule has 2 aliphatic rings. The van der Waals surface area contributed by atoms with Crippen molar-refractivity contribution in [2.24, 2.45) is 0 Å². The maximum atomic E-state index is 12.6. The summed E-state index contributed by atoms with van der Waals surface area (Å²) in [6.07, 6.45) is 2.07. The Bertz CT molecular complexity index is 895. The van der Waals surface area contributed by atoms with E-state index in [9.17, 15) is 14.7 Å². The number of aryl methyl sites for hydroxylation is 1. The van der Waals surface area contributed by atoms with Gasteiger partial charge in [-0.25, -0.2) is 9.48 Å². The zero-order valence-electron chi connectivity index (χ0n) is 15.1. The molecule has 0 unspecified atom stereocenters. The normalized spacial score (nSPS) is 18.5. The lowest BCUT2D eigenvalue weighted by atomic mass is 9.85. The van der Waals surface area contributed by atoms with E-state index in [1.807, 2.05) is 11.8 Å². The number of carbonyl (C=O) groups is 2. The molecule has 0 atom stereocenters. The summed E-state index contributed by atoms with van der Waals surface area (Å²) < 4.78 is 7.66. The Morgan fingerprint density at radius 1 is 1.37 bits per heavy atom. The number of ether oxygens (including phenoxy) is 1. The van der Waals surface area contributed by atoms with Crippen LogP contribution in [0.15, 0.2) is 12.1 Å². The molecule has 27 heavy (non-hydrogen) atoms. The molecule has 2 aromatic heterocycles. The number of rotatable bonds is 3. The van der Waals surface area contributed by atoms with Crippen LogP contribution >= 0.6 is 11.3 Å². The number of likely N-dealkylation sites (tertiary alicyclic amines) is 1. The molecule has 144 valence electrons. The van der Waals surface area contributed by atoms with Gasteiger partial charge in [0, 0.05) is 24.0 Å². The van der Waals surface area contributed by atoms with E-state index in [1.165, 1.54) is 16.0 Å². The third-order valence-electron chi connectivity index (χ3n) is 5.33. The lowest BCUT2D eigenvalue weighted by Crippen LogP contribution is -2.48. The van der Waals surface area contributed by atoms with Gasteiger partial charge in [0.2, 0.25) is 5.91 Å². The third-order valence-corrected chi connectivity index (χ3v) is 6.68. The Morgan fingerprint density at radius 2 is 2.11 bits per heavy atom. The van der Waals surface area contributed by atoms with Crippen molar-refractivity contribution in [3.8, 4) is 0 Å². The van der Waals surface area contributed by atoms with E-state index in [1.54, 1.807) is 12.1 Å². The Labute approximate surface area is 160 Å². The number of aromatic nitrogens is 2. The van der Waals surface area contributed by atoms with Gasteiger partial charge < -0.3 is 20.5 Å². The molecule has 1 saturated heterocycles. The predicted octanol–water partition coefficient (Wildman–Crippen LogP) is 1.62. The van der Waals surface area contributed by atoms with Crippen LogP contribution in [0.25, 0.3) is 0 Å². The molecule has 1 amide bonds. The van der Waals surface area contributed by atoms with E-state index >= 15 is 0 Å². The fraction of sp³-hybridized carbons (Fsp3) is 0.500. The Balaban J connectivity index is 1.47. The van der Waals surface area contributed by atoms with Gasteiger partial charge in [0.25, 0.3) is 0 Å². The number of piperidine rings is 1. The minimum absolute atomic E-state index is 0.0203. The van der Waals surface area contributed by atoms with Gasteiger partial charge in [-0.15, -0.1) is 11.3 Å². The number of carbonyl (C=O) groups excluding carboxylic acids is 1. The highest BCUT2D eigenvalue weighted by atomic mass is 32.1. The molecule has 4 heterocycles. The second kappa shape index (κ2) is 6.65. The molecule has 8 nitrogen and oxygen atoms in total. The number of nitrogens with zero attached hydrogens (tertiary/aromatic N) is 3. The van der Waals surface area contributed by atoms with E-state index < -0.39 is 11.6 Å². The van der Waals surface area contributed by atoms with Gasteiger partial charge in [-0.2, -0.15) is 5.10 Å². The minimum atomic E-state index is -0.899. The number of hydrogen-bond acceptors (Lipinski definition) is 6. The van der Waals surface area contributed by atoms with Gasteiger partial charge in [-0.3, -0.25) is 4.79 Å². The van der Waals surface area contributed by atoms with Crippen LogP contribution in [-0.2, 0) is 28.1 Å². The van der Waals surface area contributed by atoms with Gasteiger partial charge in [0.1, 0.15) is 22.8 Å². The van der Waals surface area contributed by atoms with Gasteiger partial charge in [0.15, 0.2) is 0 Å². The van der Waals surface area contributed by atoms with E-state index in [-0.39, 0.29) is 12.5 Å². The van der Waals surface area contributed by atoms with Crippen molar-refractivity contribution < 1.29 is 19.4 Å². The number of thiophene rings is 1. The van der Waals surface area contributed by atoms with Crippen molar-refractivity contribution in [2.75, 3.05) is 25.4 Å². The topological polar surface area (TPSA) is 111 Å². The minimum Gasteiger partial charge on any atom is -0.477 e. The van der Waals surface area contributed by atoms with Gasteiger partial charge in [-0.1, -0.05) is 0 Å². The van der Waals surface area contributed by atoms with E-state index in [0.29, 0.717) is 43.2 Å². The van der Waals surface area contributed by atoms with Crippen LogP contribution in [0, 0.1) is 6.92 Å². The number of nitrogens with two attached hydrogens (primary N) is 1. The molecule has 0 aromatic carbocycles. The molecule has 0 aliphatic carbocycles. The van der Waals surface area contributed by atoms with Crippen molar-refractivity contribution >= 4 is 29.0 Å². The summed E-state index contributed by atoms with van der Waals surface area (Å²) in [6, 6.07) is 3.51. The van der Waals surface area contributed by atoms with Crippen LogP contribution in [-0.4, -0.2) is 51.4 Å². The molecule has 4 rings (SSSR count). The quantitative estimate of drug-likeness (QED) is 0.824. The fourth-order valence-corrected chi connectivity index (χ4v) is 5.19. The fourth-order valence-electron chi connectivity index (χ4n) is 3.94. The van der Waals surface area contributed by atoms with Gasteiger partial charge in [0.05, 0.1) is 12.3 Å². The van der Waals surface area contributed by atoms with Gasteiger partial charge in [-0.05, 0) is 37.8 Å². The Hall–Kier alpha value is -2.39. The van der Waals surface area contributed by atoms with E-state index in [2.05, 4.69) is 5.10 Å². The molecular formula is C18H22N4O4S. The SMILES string of the molecule is Cc1cc(N)n(CC(=O)N2CCC3(CC2)OCCc2cc(C(=O)O)sc23)n1. The lowest BCUT2D eigenvalue weighted by Gasteiger charge is -2.43. The van der Waals surface area contributed by atoms with Crippen molar-refractivity contribution in [3.63, 3.8) is 0 Å². The summed E-state index contributed by atoms with van der Waals surface area (Å²) in [4.78, 5) is 27.1. The monoisotopic (exact) mass is 390 g/mol. The molecule has 1 fully saturated rings. The average molecular weight is 390 g/mol. The van der Waals surface area contributed by atoms with Crippen LogP contribution in [0.5, 0.6) is 0 Å². The molecule has 0 bridgehead atoms. The molecule has 2 aliphatic heterocycles. The molecule has 2 aromatic rings. The molecule has 3 N–H and O–H groups in total. The summed E-state index contributed by atoms with van der Waals surface area (Å²) in [5.41, 5.74) is 7.26. The molecular weight excluding hydrogens is 368 g/mol. The number of amides is 1. The van der Waals surface area contributed by atoms with Crippen LogP contribution in [0.4, 0.5) is 5.82 Å². The maximum absolute atomic E-state index is 12.6. The summed E-state index contributed by atoms with van der Waals surface area (Å²) >= 11 is 1.31. The van der Waals surface area contributed by atoms with Crippen molar-refractivity contribution in [1.82, 2.24) is 14.7 Å². The highest BCUT2D eigenvalue weighted by Gasteiger charge is 2.43. The number of fused-ring (bicyclic) bond motifs is 2. The molecule has 1 spiro atoms. The second-order valence-corrected chi connectivity index (χ2v) is 8.16. The molecule has 0 saturated carbocycles. The second-order valence-electron chi connectivity index (χ2n) is 7.11. The number of nitrogen functional groups attached to an aromatic ring is 1. The van der Waals surface area contributed by atoms with E-state index in [0.717, 1.165) is 22.6 Å². The van der Waals surface area contributed by atoms with Crippen LogP contribution in [0.3, 0.4) is 0 Å². The van der Waals surface area contributed by atoms with Crippen LogP contribution in [0.1, 0.15) is 38.6 Å². The van der Waals surface area contributed by atoms with Crippen LogP contribution < -0.4 is 5.73 Å². The summed E-state index contributed by atoms with van der Waals surface area (Å²) in [5, 5.41) is 13.5. The summed E-state index contributed by atoms with van der Waals surface area (Å²) in [6.45, 7) is 3.69. The van der Waals surface area contributed by atoms with E-state index in [4.69, 9.17) is 10.5 Å². The molecule has 9 heteroatoms. The average Bonchev–Trinajstić information content (AvgIpc) is 3.20. The first-order valence-corrected chi connectivity index (χ1v) is 9.78. The van der Waals surface area contributed by atoms with Crippen molar-refractivity contribution in [2.45, 2.75) is 38.3 Å². The zero-order valence-corrected chi connectivity index (χ0v) is 15.9. The van der Waals surface area contributed by atoms with Gasteiger partial charge >= 0.3 is 5.97 Å². The summed E-state index contributed by atoms with van der Waals surface area (Å²) in [5.74, 6) is -0.438.